The number of thiophene rings is 1. The van der Waals surface area contributed by atoms with Crippen molar-refractivity contribution in [2.45, 2.75) is 65.1 Å². The Morgan fingerprint density at radius 2 is 2.06 bits per heavy atom. The van der Waals surface area contributed by atoms with Crippen LogP contribution in [0.25, 0.3) is 32.4 Å². The molecule has 32 heavy (non-hydrogen) atoms. The lowest BCUT2D eigenvalue weighted by Crippen LogP contribution is -2.28. The van der Waals surface area contributed by atoms with E-state index in [1.54, 1.807) is 23.8 Å². The van der Waals surface area contributed by atoms with Crippen LogP contribution in [0.1, 0.15) is 61.4 Å². The molecule has 1 N–H and O–H groups in total. The maximum atomic E-state index is 12.5. The Morgan fingerprint density at radius 3 is 2.81 bits per heavy atom. The van der Waals surface area contributed by atoms with E-state index >= 15 is 0 Å². The van der Waals surface area contributed by atoms with Crippen molar-refractivity contribution < 1.29 is 19.1 Å². The number of nitrogens with zero attached hydrogens (tertiary/aromatic N) is 2. The second kappa shape index (κ2) is 7.67. The Kier molecular flexibility index (Phi) is 5.06. The number of carbonyl (C=O) groups is 1. The first kappa shape index (κ1) is 21.1. The maximum Gasteiger partial charge on any atom is 0.337 e. The number of pyridine rings is 2. The van der Waals surface area contributed by atoms with Crippen LogP contribution in [-0.2, 0) is 22.4 Å². The molecule has 0 bridgehead atoms. The van der Waals surface area contributed by atoms with Gasteiger partial charge >= 0.3 is 5.97 Å². The summed E-state index contributed by atoms with van der Waals surface area (Å²) in [5, 5.41) is 11.2. The van der Waals surface area contributed by atoms with Gasteiger partial charge in [-0.3, -0.25) is 4.98 Å². The first-order chi connectivity index (χ1) is 15.2. The third-order valence-corrected chi connectivity index (χ3v) is 7.07. The van der Waals surface area contributed by atoms with Gasteiger partial charge in [0.05, 0.1) is 11.9 Å². The molecule has 5 rings (SSSR count). The number of hydrogen-bond acceptors (Lipinski definition) is 6. The zero-order chi connectivity index (χ0) is 22.6. The van der Waals surface area contributed by atoms with Gasteiger partial charge in [0.1, 0.15) is 10.3 Å². The average molecular weight is 451 g/mol. The molecule has 0 aliphatic heterocycles. The molecule has 0 radical (unpaired) electrons. The normalized spacial score (nSPS) is 15.2. The number of aromatic nitrogens is 2. The van der Waals surface area contributed by atoms with Gasteiger partial charge in [0.15, 0.2) is 11.7 Å². The van der Waals surface area contributed by atoms with E-state index in [0.717, 1.165) is 46.1 Å². The molecule has 1 aliphatic rings. The summed E-state index contributed by atoms with van der Waals surface area (Å²) in [5.41, 5.74) is 5.04. The number of rotatable bonds is 4. The van der Waals surface area contributed by atoms with Crippen LogP contribution in [0.2, 0.25) is 0 Å². The second-order valence-corrected chi connectivity index (χ2v) is 10.4. The van der Waals surface area contributed by atoms with Crippen LogP contribution < -0.4 is 0 Å². The first-order valence-electron chi connectivity index (χ1n) is 10.9. The first-order valence-corrected chi connectivity index (χ1v) is 11.7. The number of fused-ring (bicyclic) bond motifs is 4. The van der Waals surface area contributed by atoms with Crippen molar-refractivity contribution in [2.75, 3.05) is 0 Å². The van der Waals surface area contributed by atoms with Crippen LogP contribution in [0.5, 0.6) is 0 Å². The molecule has 4 aromatic rings. The fourth-order valence-electron chi connectivity index (χ4n) is 4.61. The summed E-state index contributed by atoms with van der Waals surface area (Å²) in [7, 11) is 0. The van der Waals surface area contributed by atoms with E-state index in [1.165, 1.54) is 16.9 Å². The van der Waals surface area contributed by atoms with Crippen molar-refractivity contribution in [2.24, 2.45) is 0 Å². The molecular formula is C25H26N2O4S. The van der Waals surface area contributed by atoms with E-state index in [0.29, 0.717) is 16.8 Å². The molecule has 0 saturated carbocycles. The highest BCUT2D eigenvalue weighted by atomic mass is 32.1. The van der Waals surface area contributed by atoms with Gasteiger partial charge in [-0.05, 0) is 65.0 Å². The molecule has 166 valence electrons. The van der Waals surface area contributed by atoms with Gasteiger partial charge in [0.2, 0.25) is 0 Å². The summed E-state index contributed by atoms with van der Waals surface area (Å²) in [6.07, 6.45) is 6.59. The zero-order valence-corrected chi connectivity index (χ0v) is 19.5. The molecule has 1 aliphatic carbocycles. The molecule has 0 saturated heterocycles. The molecule has 0 spiro atoms. The minimum Gasteiger partial charge on any atom is -0.479 e. The van der Waals surface area contributed by atoms with Crippen molar-refractivity contribution in [3.8, 4) is 11.1 Å². The van der Waals surface area contributed by atoms with Crippen LogP contribution in [0.15, 0.2) is 29.0 Å². The van der Waals surface area contributed by atoms with Crippen LogP contribution in [0.4, 0.5) is 0 Å². The van der Waals surface area contributed by atoms with E-state index in [9.17, 15) is 9.90 Å². The Labute approximate surface area is 190 Å². The molecular weight excluding hydrogens is 424 g/mol. The number of carboxylic acids is 1. The fourth-order valence-corrected chi connectivity index (χ4v) is 5.92. The molecule has 7 heteroatoms. The van der Waals surface area contributed by atoms with Gasteiger partial charge in [0.25, 0.3) is 0 Å². The number of aryl methyl sites for hydroxylation is 3. The summed E-state index contributed by atoms with van der Waals surface area (Å²) < 4.78 is 11.7. The van der Waals surface area contributed by atoms with Crippen molar-refractivity contribution >= 4 is 38.6 Å². The molecule has 0 amide bonds. The standard InChI is InChI=1S/C25H26N2O4S/c1-13-19(22(24(28)29)31-25(2,3)4)20(14-11-17-16(26-12-14)9-10-30-17)21-15-7-5-6-8-18(15)32-23(21)27-13/h9-12,22H,5-8H2,1-4H3,(H,28,29). The summed E-state index contributed by atoms with van der Waals surface area (Å²) in [6, 6.07) is 3.77. The average Bonchev–Trinajstić information content (AvgIpc) is 3.33. The lowest BCUT2D eigenvalue weighted by molar-refractivity contribution is -0.160. The van der Waals surface area contributed by atoms with E-state index in [4.69, 9.17) is 14.1 Å². The molecule has 1 unspecified atom stereocenters. The predicted molar refractivity (Wildman–Crippen MR) is 125 cm³/mol. The zero-order valence-electron chi connectivity index (χ0n) is 18.7. The van der Waals surface area contributed by atoms with Gasteiger partial charge in [-0.1, -0.05) is 0 Å². The minimum absolute atomic E-state index is 0.596. The van der Waals surface area contributed by atoms with E-state index in [-0.39, 0.29) is 0 Å². The minimum atomic E-state index is -1.15. The molecule has 0 aromatic carbocycles. The number of carboxylic acid groups (broad SMARTS) is 1. The monoisotopic (exact) mass is 450 g/mol. The predicted octanol–water partition coefficient (Wildman–Crippen LogP) is 6.23. The number of furan rings is 1. The van der Waals surface area contributed by atoms with E-state index in [1.807, 2.05) is 39.8 Å². The van der Waals surface area contributed by atoms with Crippen LogP contribution >= 0.6 is 11.3 Å². The summed E-state index contributed by atoms with van der Waals surface area (Å²) in [4.78, 5) is 24.2. The quantitative estimate of drug-likeness (QED) is 0.396. The number of ether oxygens (including phenoxy) is 1. The summed E-state index contributed by atoms with van der Waals surface area (Å²) >= 11 is 1.73. The molecule has 6 nitrogen and oxygen atoms in total. The SMILES string of the molecule is Cc1nc2sc3c(c2c(-c2cnc4ccoc4c2)c1C(OC(C)(C)C)C(=O)O)CCCC3. The van der Waals surface area contributed by atoms with Crippen molar-refractivity contribution in [3.63, 3.8) is 0 Å². The Hall–Kier alpha value is -2.77. The van der Waals surface area contributed by atoms with Crippen LogP contribution in [0, 0.1) is 6.92 Å². The van der Waals surface area contributed by atoms with Crippen molar-refractivity contribution in [3.05, 3.63) is 46.3 Å². The number of aliphatic carboxylic acids is 1. The number of hydrogen-bond donors (Lipinski definition) is 1. The lowest BCUT2D eigenvalue weighted by Gasteiger charge is -2.28. The maximum absolute atomic E-state index is 12.5. The molecule has 1 atom stereocenters. The lowest BCUT2D eigenvalue weighted by atomic mass is 9.88. The largest absolute Gasteiger partial charge is 0.479 e. The van der Waals surface area contributed by atoms with E-state index < -0.39 is 17.7 Å². The van der Waals surface area contributed by atoms with Gasteiger partial charge in [0, 0.05) is 44.9 Å². The highest BCUT2D eigenvalue weighted by molar-refractivity contribution is 7.19. The van der Waals surface area contributed by atoms with Gasteiger partial charge in [-0.2, -0.15) is 0 Å². The molecule has 4 aromatic heterocycles. The molecule has 0 fully saturated rings. The summed E-state index contributed by atoms with van der Waals surface area (Å²) in [5.74, 6) is -1.03. The van der Waals surface area contributed by atoms with Crippen molar-refractivity contribution in [1.82, 2.24) is 9.97 Å². The topological polar surface area (TPSA) is 85.5 Å². The van der Waals surface area contributed by atoms with Crippen LogP contribution in [-0.4, -0.2) is 26.6 Å². The van der Waals surface area contributed by atoms with Gasteiger partial charge < -0.3 is 14.3 Å². The molecule has 4 heterocycles. The Bertz CT molecular complexity index is 1350. The third kappa shape index (κ3) is 3.59. The Balaban J connectivity index is 1.87. The summed E-state index contributed by atoms with van der Waals surface area (Å²) in [6.45, 7) is 7.48. The Morgan fingerprint density at radius 1 is 1.28 bits per heavy atom. The smallest absolute Gasteiger partial charge is 0.337 e. The van der Waals surface area contributed by atoms with Gasteiger partial charge in [-0.15, -0.1) is 11.3 Å². The highest BCUT2D eigenvalue weighted by Crippen LogP contribution is 2.46. The second-order valence-electron chi connectivity index (χ2n) is 9.35. The van der Waals surface area contributed by atoms with Gasteiger partial charge in [-0.25, -0.2) is 9.78 Å². The third-order valence-electron chi connectivity index (χ3n) is 5.88. The van der Waals surface area contributed by atoms with Crippen LogP contribution in [0.3, 0.4) is 0 Å². The van der Waals surface area contributed by atoms with Crippen molar-refractivity contribution in [1.29, 1.82) is 0 Å². The van der Waals surface area contributed by atoms with E-state index in [2.05, 4.69) is 4.98 Å². The fraction of sp³-hybridized carbons (Fsp3) is 0.400. The highest BCUT2D eigenvalue weighted by Gasteiger charge is 2.34.